The van der Waals surface area contributed by atoms with E-state index in [1.54, 1.807) is 0 Å². The second kappa shape index (κ2) is 10.9. The highest BCUT2D eigenvalue weighted by molar-refractivity contribution is 14.1. The average Bonchev–Trinajstić information content (AvgIpc) is 2.66. The van der Waals surface area contributed by atoms with Gasteiger partial charge in [-0.25, -0.2) is 0 Å². The molecule has 0 radical (unpaired) electrons. The molecule has 0 N–H and O–H groups in total. The summed E-state index contributed by atoms with van der Waals surface area (Å²) in [5, 5.41) is -1.21. The van der Waals surface area contributed by atoms with E-state index in [0.29, 0.717) is 28.7 Å². The zero-order valence-corrected chi connectivity index (χ0v) is 24.4. The number of halogens is 10. The van der Waals surface area contributed by atoms with Crippen molar-refractivity contribution in [2.75, 3.05) is 0 Å². The SMILES string of the molecule is O=C(SSC(=O)c1c(Cl)c(Cl)c(I)c(Cl)c1Cl)c1c(Cl)c(Cl)c(I)c(Cl)c1Cl. The number of carbonyl (C=O) groups excluding carboxylic acids is 2. The molecule has 28 heavy (non-hydrogen) atoms. The molecule has 2 nitrogen and oxygen atoms in total. The van der Waals surface area contributed by atoms with E-state index in [-0.39, 0.29) is 51.3 Å². The lowest BCUT2D eigenvalue weighted by molar-refractivity contribution is 0.107. The Morgan fingerprint density at radius 3 is 0.929 bits per heavy atom. The van der Waals surface area contributed by atoms with Crippen molar-refractivity contribution in [3.63, 3.8) is 0 Å². The highest BCUT2D eigenvalue weighted by Gasteiger charge is 2.28. The van der Waals surface area contributed by atoms with Gasteiger partial charge >= 0.3 is 0 Å². The largest absolute Gasteiger partial charge is 0.281 e. The van der Waals surface area contributed by atoms with Gasteiger partial charge in [0.1, 0.15) is 0 Å². The van der Waals surface area contributed by atoms with E-state index in [1.807, 2.05) is 45.2 Å². The van der Waals surface area contributed by atoms with Gasteiger partial charge in [0, 0.05) is 0 Å². The average molecular weight is 802 g/mol. The van der Waals surface area contributed by atoms with Crippen LogP contribution in [0.25, 0.3) is 0 Å². The van der Waals surface area contributed by atoms with Crippen molar-refractivity contribution in [1.82, 2.24) is 0 Å². The molecule has 0 aliphatic heterocycles. The number of rotatable bonds is 2. The quantitative estimate of drug-likeness (QED) is 0.131. The van der Waals surface area contributed by atoms with Gasteiger partial charge in [0.15, 0.2) is 0 Å². The van der Waals surface area contributed by atoms with Crippen molar-refractivity contribution in [3.05, 3.63) is 58.4 Å². The Hall–Kier alpha value is 2.26. The number of carbonyl (C=O) groups is 2. The third-order valence-electron chi connectivity index (χ3n) is 3.02. The molecule has 2 rings (SSSR count). The van der Waals surface area contributed by atoms with Crippen molar-refractivity contribution in [2.24, 2.45) is 0 Å². The molecule has 0 saturated carbocycles. The van der Waals surface area contributed by atoms with E-state index in [2.05, 4.69) is 0 Å². The van der Waals surface area contributed by atoms with Crippen molar-refractivity contribution >= 4 is 170 Å². The van der Waals surface area contributed by atoms with Gasteiger partial charge < -0.3 is 0 Å². The number of hydrogen-bond donors (Lipinski definition) is 0. The molecule has 0 bridgehead atoms. The fraction of sp³-hybridized carbons (Fsp3) is 0. The minimum atomic E-state index is -0.636. The number of hydrogen-bond acceptors (Lipinski definition) is 4. The Labute approximate surface area is 234 Å². The van der Waals surface area contributed by atoms with Crippen molar-refractivity contribution in [2.45, 2.75) is 0 Å². The van der Waals surface area contributed by atoms with Crippen LogP contribution in [0.4, 0.5) is 0 Å². The first-order valence-corrected chi connectivity index (χ1v) is 13.7. The maximum atomic E-state index is 12.6. The summed E-state index contributed by atoms with van der Waals surface area (Å²) in [6, 6.07) is 0. The molecular weight excluding hydrogens is 802 g/mol. The monoisotopic (exact) mass is 797 g/mol. The van der Waals surface area contributed by atoms with E-state index in [9.17, 15) is 9.59 Å². The Balaban J connectivity index is 2.34. The lowest BCUT2D eigenvalue weighted by Crippen LogP contribution is -2.01. The van der Waals surface area contributed by atoms with Gasteiger partial charge in [-0.1, -0.05) is 92.8 Å². The fourth-order valence-corrected chi connectivity index (χ4v) is 7.40. The first-order chi connectivity index (χ1) is 12.9. The van der Waals surface area contributed by atoms with Crippen LogP contribution in [-0.4, -0.2) is 10.2 Å². The Morgan fingerprint density at radius 2 is 0.714 bits per heavy atom. The van der Waals surface area contributed by atoms with Crippen LogP contribution in [0.2, 0.25) is 40.2 Å². The standard InChI is InChI=1S/C14Cl8I2O2S2/c15-3-1(4(16)8(20)11(23)7(3)19)13(25)27-28-14(26)2-5(17)9(21)12(24)10(22)6(2)18. The lowest BCUT2D eigenvalue weighted by atomic mass is 10.2. The normalized spacial score (nSPS) is 11.1. The maximum absolute atomic E-state index is 12.6. The van der Waals surface area contributed by atoms with Crippen molar-refractivity contribution in [1.29, 1.82) is 0 Å². The van der Waals surface area contributed by atoms with Gasteiger partial charge in [0.05, 0.1) is 58.4 Å². The van der Waals surface area contributed by atoms with E-state index in [4.69, 9.17) is 92.8 Å². The zero-order chi connectivity index (χ0) is 21.5. The predicted molar refractivity (Wildman–Crippen MR) is 142 cm³/mol. The van der Waals surface area contributed by atoms with E-state index < -0.39 is 10.2 Å². The zero-order valence-electron chi connectivity index (χ0n) is 12.4. The highest BCUT2D eigenvalue weighted by Crippen LogP contribution is 2.47. The van der Waals surface area contributed by atoms with Crippen molar-refractivity contribution in [3.8, 4) is 0 Å². The summed E-state index contributed by atoms with van der Waals surface area (Å²) < 4.78 is 0.811. The third-order valence-corrected chi connectivity index (χ3v) is 11.8. The molecule has 0 unspecified atom stereocenters. The molecule has 0 heterocycles. The summed E-state index contributed by atoms with van der Waals surface area (Å²) >= 11 is 52.5. The molecule has 0 atom stereocenters. The smallest absolute Gasteiger partial charge is 0.233 e. The molecule has 0 aliphatic carbocycles. The second-order valence-corrected chi connectivity index (χ2v) is 11.9. The molecule has 0 aromatic heterocycles. The summed E-state index contributed by atoms with van der Waals surface area (Å²) in [5.41, 5.74) is -0.222. The molecule has 14 heteroatoms. The van der Waals surface area contributed by atoms with Crippen LogP contribution in [0, 0.1) is 7.14 Å². The second-order valence-electron chi connectivity index (χ2n) is 4.63. The predicted octanol–water partition coefficient (Wildman–Crippen LogP) is 10.5. The first kappa shape index (κ1) is 26.5. The molecular formula is C14Cl8I2O2S2. The van der Waals surface area contributed by atoms with Crippen LogP contribution >= 0.6 is 160 Å². The molecule has 150 valence electrons. The van der Waals surface area contributed by atoms with Gasteiger partial charge in [0.2, 0.25) is 10.2 Å². The number of benzene rings is 2. The lowest BCUT2D eigenvalue weighted by Gasteiger charge is -2.12. The summed E-state index contributed by atoms with van der Waals surface area (Å²) in [7, 11) is 1.10. The van der Waals surface area contributed by atoms with E-state index >= 15 is 0 Å². The Kier molecular flexibility index (Phi) is 10.3. The van der Waals surface area contributed by atoms with Crippen LogP contribution in [0.15, 0.2) is 0 Å². The van der Waals surface area contributed by atoms with Gasteiger partial charge in [-0.15, -0.1) is 0 Å². The third kappa shape index (κ3) is 5.25. The van der Waals surface area contributed by atoms with Crippen molar-refractivity contribution < 1.29 is 9.59 Å². The first-order valence-electron chi connectivity index (χ1n) is 6.37. The fourth-order valence-electron chi connectivity index (χ4n) is 1.73. The summed E-state index contributed by atoms with van der Waals surface area (Å²) in [6.07, 6.45) is 0. The van der Waals surface area contributed by atoms with E-state index in [0.717, 1.165) is 0 Å². The molecule has 0 spiro atoms. The molecule has 0 amide bonds. The maximum Gasteiger partial charge on any atom is 0.233 e. The molecule has 2 aromatic carbocycles. The molecule has 0 fully saturated rings. The molecule has 0 saturated heterocycles. The van der Waals surface area contributed by atoms with Crippen LogP contribution in [0.3, 0.4) is 0 Å². The topological polar surface area (TPSA) is 34.1 Å². The Morgan fingerprint density at radius 1 is 0.500 bits per heavy atom. The minimum Gasteiger partial charge on any atom is -0.281 e. The minimum absolute atomic E-state index is 0.0672. The van der Waals surface area contributed by atoms with E-state index in [1.165, 1.54) is 0 Å². The van der Waals surface area contributed by atoms with Gasteiger partial charge in [-0.2, -0.15) is 0 Å². The van der Waals surface area contributed by atoms with Crippen LogP contribution < -0.4 is 0 Å². The van der Waals surface area contributed by atoms with Crippen LogP contribution in [0.1, 0.15) is 20.7 Å². The Bertz CT molecular complexity index is 892. The summed E-state index contributed by atoms with van der Waals surface area (Å²) in [4.78, 5) is 25.2. The van der Waals surface area contributed by atoms with Crippen LogP contribution in [-0.2, 0) is 0 Å². The van der Waals surface area contributed by atoms with Crippen LogP contribution in [0.5, 0.6) is 0 Å². The highest BCUT2D eigenvalue weighted by atomic mass is 127. The molecule has 2 aromatic rings. The summed E-state index contributed by atoms with van der Waals surface area (Å²) in [6.45, 7) is 0. The van der Waals surface area contributed by atoms with Gasteiger partial charge in [-0.3, -0.25) is 9.59 Å². The summed E-state index contributed by atoms with van der Waals surface area (Å²) in [5.74, 6) is 0. The van der Waals surface area contributed by atoms with Gasteiger partial charge in [0.25, 0.3) is 0 Å². The van der Waals surface area contributed by atoms with Gasteiger partial charge in [-0.05, 0) is 66.8 Å². The molecule has 0 aliphatic rings.